The summed E-state index contributed by atoms with van der Waals surface area (Å²) in [6.45, 7) is 5.12. The molecule has 100 valence electrons. The molecule has 0 saturated carbocycles. The normalized spacial score (nSPS) is 14.9. The predicted molar refractivity (Wildman–Crippen MR) is 67.9 cm³/mol. The van der Waals surface area contributed by atoms with E-state index in [1.165, 1.54) is 0 Å². The lowest BCUT2D eigenvalue weighted by Gasteiger charge is -2.33. The van der Waals surface area contributed by atoms with Gasteiger partial charge in [-0.05, 0) is 18.6 Å². The van der Waals surface area contributed by atoms with Crippen LogP contribution in [0.15, 0.2) is 30.3 Å². The van der Waals surface area contributed by atoms with E-state index in [9.17, 15) is 15.0 Å². The van der Waals surface area contributed by atoms with E-state index in [0.29, 0.717) is 12.0 Å². The highest BCUT2D eigenvalue weighted by Crippen LogP contribution is 2.28. The van der Waals surface area contributed by atoms with Gasteiger partial charge >= 0.3 is 5.97 Å². The monoisotopic (exact) mass is 252 g/mol. The fourth-order valence-electron chi connectivity index (χ4n) is 1.59. The maximum atomic E-state index is 11.7. The summed E-state index contributed by atoms with van der Waals surface area (Å²) in [5, 5.41) is 19.7. The van der Waals surface area contributed by atoms with E-state index in [0.717, 1.165) is 0 Å². The molecular formula is C14H20O4. The average molecular weight is 252 g/mol. The van der Waals surface area contributed by atoms with Gasteiger partial charge in [0.05, 0.1) is 17.1 Å². The lowest BCUT2D eigenvalue weighted by atomic mass is 9.84. The van der Waals surface area contributed by atoms with Crippen LogP contribution < -0.4 is 0 Å². The molecule has 2 atom stereocenters. The number of ether oxygens (including phenoxy) is 1. The molecule has 0 aliphatic rings. The molecule has 0 bridgehead atoms. The summed E-state index contributed by atoms with van der Waals surface area (Å²) < 4.78 is 4.98. The van der Waals surface area contributed by atoms with Crippen LogP contribution in [0.25, 0.3) is 0 Å². The Morgan fingerprint density at radius 3 is 2.33 bits per heavy atom. The van der Waals surface area contributed by atoms with Crippen molar-refractivity contribution in [2.24, 2.45) is 5.41 Å². The van der Waals surface area contributed by atoms with Gasteiger partial charge in [-0.2, -0.15) is 0 Å². The zero-order chi connectivity index (χ0) is 13.8. The molecule has 0 aliphatic carbocycles. The van der Waals surface area contributed by atoms with Gasteiger partial charge in [-0.15, -0.1) is 0 Å². The number of carbonyl (C=O) groups is 1. The summed E-state index contributed by atoms with van der Waals surface area (Å²) in [5.74, 6) is -0.598. The van der Waals surface area contributed by atoms with E-state index in [2.05, 4.69) is 0 Å². The second kappa shape index (κ2) is 5.98. The van der Waals surface area contributed by atoms with Crippen LogP contribution in [0.3, 0.4) is 0 Å². The number of hydrogen-bond acceptors (Lipinski definition) is 4. The summed E-state index contributed by atoms with van der Waals surface area (Å²) in [4.78, 5) is 11.7. The zero-order valence-corrected chi connectivity index (χ0v) is 11.0. The quantitative estimate of drug-likeness (QED) is 0.621. The summed E-state index contributed by atoms with van der Waals surface area (Å²) in [6.07, 6.45) is -1.61. The molecule has 2 N–H and O–H groups in total. The lowest BCUT2D eigenvalue weighted by Crippen LogP contribution is -2.42. The van der Waals surface area contributed by atoms with Crippen molar-refractivity contribution in [2.45, 2.75) is 39.6 Å². The molecule has 4 nitrogen and oxygen atoms in total. The fraction of sp³-hybridized carbons (Fsp3) is 0.500. The minimum atomic E-state index is -1.35. The van der Waals surface area contributed by atoms with Crippen molar-refractivity contribution in [3.8, 4) is 0 Å². The Hall–Kier alpha value is -1.39. The Kier molecular flexibility index (Phi) is 4.87. The third-order valence-corrected chi connectivity index (χ3v) is 3.11. The number of rotatable bonds is 5. The van der Waals surface area contributed by atoms with Crippen molar-refractivity contribution in [1.29, 1.82) is 0 Å². The van der Waals surface area contributed by atoms with Gasteiger partial charge in [0.2, 0.25) is 6.29 Å². The van der Waals surface area contributed by atoms with Crippen LogP contribution in [0.1, 0.15) is 37.6 Å². The maximum absolute atomic E-state index is 11.7. The van der Waals surface area contributed by atoms with Crippen molar-refractivity contribution in [3.05, 3.63) is 35.9 Å². The van der Waals surface area contributed by atoms with E-state index in [1.807, 2.05) is 0 Å². The standard InChI is InChI=1S/C14H20O4/c1-4-11(15)14(2,3)13(17)18-12(16)10-8-6-5-7-9-10/h5-9,11,13,15,17H,4H2,1-3H3. The van der Waals surface area contributed by atoms with Gasteiger partial charge in [-0.25, -0.2) is 4.79 Å². The van der Waals surface area contributed by atoms with Crippen molar-refractivity contribution < 1.29 is 19.7 Å². The molecule has 0 amide bonds. The smallest absolute Gasteiger partial charge is 0.340 e. The SMILES string of the molecule is CCC(O)C(C)(C)C(O)OC(=O)c1ccccc1. The summed E-state index contributed by atoms with van der Waals surface area (Å²) >= 11 is 0. The van der Waals surface area contributed by atoms with Gasteiger partial charge in [-0.1, -0.05) is 39.0 Å². The molecule has 4 heteroatoms. The highest BCUT2D eigenvalue weighted by atomic mass is 16.6. The highest BCUT2D eigenvalue weighted by Gasteiger charge is 2.37. The van der Waals surface area contributed by atoms with Crippen molar-refractivity contribution in [3.63, 3.8) is 0 Å². The Bertz CT molecular complexity index is 386. The molecule has 0 fully saturated rings. The molecule has 2 unspecified atom stereocenters. The van der Waals surface area contributed by atoms with Crippen molar-refractivity contribution >= 4 is 5.97 Å². The molecule has 0 heterocycles. The second-order valence-electron chi connectivity index (χ2n) is 4.87. The highest BCUT2D eigenvalue weighted by molar-refractivity contribution is 5.89. The first-order valence-corrected chi connectivity index (χ1v) is 6.01. The van der Waals surface area contributed by atoms with Gasteiger partial charge in [-0.3, -0.25) is 0 Å². The van der Waals surface area contributed by atoms with Crippen LogP contribution >= 0.6 is 0 Å². The maximum Gasteiger partial charge on any atom is 0.340 e. The molecule has 0 radical (unpaired) electrons. The molecule has 1 rings (SSSR count). The van der Waals surface area contributed by atoms with Crippen LogP contribution in [0, 0.1) is 5.41 Å². The molecule has 0 saturated heterocycles. The van der Waals surface area contributed by atoms with Crippen LogP contribution in [0.5, 0.6) is 0 Å². The molecule has 1 aromatic carbocycles. The van der Waals surface area contributed by atoms with E-state index in [4.69, 9.17) is 4.74 Å². The van der Waals surface area contributed by atoms with Crippen molar-refractivity contribution in [2.75, 3.05) is 0 Å². The largest absolute Gasteiger partial charge is 0.432 e. The van der Waals surface area contributed by atoms with E-state index in [-0.39, 0.29) is 0 Å². The van der Waals surface area contributed by atoms with Crippen molar-refractivity contribution in [1.82, 2.24) is 0 Å². The van der Waals surface area contributed by atoms with Crippen LogP contribution in [0.2, 0.25) is 0 Å². The minimum absolute atomic E-state index is 0.373. The van der Waals surface area contributed by atoms with Gasteiger partial charge < -0.3 is 14.9 Å². The van der Waals surface area contributed by atoms with Crippen LogP contribution in [-0.2, 0) is 4.74 Å². The molecule has 0 aliphatic heterocycles. The number of carbonyl (C=O) groups excluding carboxylic acids is 1. The van der Waals surface area contributed by atoms with E-state index in [1.54, 1.807) is 51.1 Å². The van der Waals surface area contributed by atoms with Gasteiger partial charge in [0.1, 0.15) is 0 Å². The Morgan fingerprint density at radius 1 is 1.28 bits per heavy atom. The Morgan fingerprint density at radius 2 is 1.83 bits per heavy atom. The molecule has 18 heavy (non-hydrogen) atoms. The third-order valence-electron chi connectivity index (χ3n) is 3.11. The summed E-state index contributed by atoms with van der Waals surface area (Å²) in [6, 6.07) is 8.44. The molecule has 0 aromatic heterocycles. The fourth-order valence-corrected chi connectivity index (χ4v) is 1.59. The van der Waals surface area contributed by atoms with E-state index >= 15 is 0 Å². The zero-order valence-electron chi connectivity index (χ0n) is 11.0. The first-order valence-electron chi connectivity index (χ1n) is 6.01. The topological polar surface area (TPSA) is 66.8 Å². The first-order chi connectivity index (χ1) is 8.39. The average Bonchev–Trinajstić information content (AvgIpc) is 2.38. The Balaban J connectivity index is 2.71. The predicted octanol–water partition coefficient (Wildman–Crippen LogP) is 1.96. The summed E-state index contributed by atoms with van der Waals surface area (Å²) in [7, 11) is 0. The minimum Gasteiger partial charge on any atom is -0.432 e. The van der Waals surface area contributed by atoms with Crippen LogP contribution in [-0.4, -0.2) is 28.6 Å². The summed E-state index contributed by atoms with van der Waals surface area (Å²) in [5.41, 5.74) is -0.530. The van der Waals surface area contributed by atoms with Gasteiger partial charge in [0.15, 0.2) is 0 Å². The van der Waals surface area contributed by atoms with Crippen LogP contribution in [0.4, 0.5) is 0 Å². The van der Waals surface area contributed by atoms with Gasteiger partial charge in [0, 0.05) is 0 Å². The third kappa shape index (κ3) is 3.31. The lowest BCUT2D eigenvalue weighted by molar-refractivity contribution is -0.165. The first kappa shape index (κ1) is 14.7. The molecular weight excluding hydrogens is 232 g/mol. The number of aliphatic hydroxyl groups excluding tert-OH is 2. The molecule has 0 spiro atoms. The Labute approximate surface area is 107 Å². The number of benzene rings is 1. The number of aliphatic hydroxyl groups is 2. The number of esters is 1. The van der Waals surface area contributed by atoms with Gasteiger partial charge in [0.25, 0.3) is 0 Å². The molecule has 1 aromatic rings. The second-order valence-corrected chi connectivity index (χ2v) is 4.87. The van der Waals surface area contributed by atoms with E-state index < -0.39 is 23.8 Å². The number of hydrogen-bond donors (Lipinski definition) is 2.